The van der Waals surface area contributed by atoms with Crippen molar-refractivity contribution in [2.75, 3.05) is 0 Å². The zero-order chi connectivity index (χ0) is 14.6. The Morgan fingerprint density at radius 2 is 2.05 bits per heavy atom. The van der Waals surface area contributed by atoms with E-state index in [1.54, 1.807) is 6.07 Å². The first kappa shape index (κ1) is 16.1. The fraction of sp³-hybridized carbons (Fsp3) is 0.583. The predicted molar refractivity (Wildman–Crippen MR) is 74.9 cm³/mol. The minimum absolute atomic E-state index is 0.152. The van der Waals surface area contributed by atoms with Crippen molar-refractivity contribution in [3.05, 3.63) is 17.0 Å². The largest absolute Gasteiger partial charge is 0.481 e. The van der Waals surface area contributed by atoms with Crippen LogP contribution in [0.25, 0.3) is 0 Å². The summed E-state index contributed by atoms with van der Waals surface area (Å²) in [5.41, 5.74) is 0. The number of nitrogens with one attached hydrogen (secondary N) is 1. The summed E-state index contributed by atoms with van der Waals surface area (Å²) < 4.78 is 27.0. The molecule has 1 rings (SSSR count). The number of sulfonamides is 1. The van der Waals surface area contributed by atoms with Crippen molar-refractivity contribution >= 4 is 27.3 Å². The highest BCUT2D eigenvalue weighted by atomic mass is 32.2. The lowest BCUT2D eigenvalue weighted by molar-refractivity contribution is -0.136. The minimum atomic E-state index is -3.55. The van der Waals surface area contributed by atoms with E-state index in [1.165, 1.54) is 6.07 Å². The summed E-state index contributed by atoms with van der Waals surface area (Å²) >= 11 is 0.998. The third-order valence-electron chi connectivity index (χ3n) is 3.07. The average Bonchev–Trinajstić information content (AvgIpc) is 2.75. The van der Waals surface area contributed by atoms with Gasteiger partial charge in [-0.05, 0) is 25.0 Å². The fourth-order valence-corrected chi connectivity index (χ4v) is 4.23. The molecule has 0 aliphatic heterocycles. The molecule has 7 heteroatoms. The second kappa shape index (κ2) is 6.49. The summed E-state index contributed by atoms with van der Waals surface area (Å²) in [4.78, 5) is 11.1. The van der Waals surface area contributed by atoms with E-state index >= 15 is 0 Å². The second-order valence-electron chi connectivity index (χ2n) is 4.59. The number of rotatable bonds is 7. The first-order chi connectivity index (χ1) is 8.76. The van der Waals surface area contributed by atoms with Gasteiger partial charge in [0.15, 0.2) is 0 Å². The predicted octanol–water partition coefficient (Wildman–Crippen LogP) is 2.09. The van der Waals surface area contributed by atoms with Crippen LogP contribution < -0.4 is 4.72 Å². The van der Waals surface area contributed by atoms with Crippen molar-refractivity contribution in [1.82, 2.24) is 4.72 Å². The maximum absolute atomic E-state index is 12.1. The van der Waals surface area contributed by atoms with E-state index in [0.29, 0.717) is 4.88 Å². The molecule has 1 heterocycles. The molecule has 2 unspecified atom stereocenters. The van der Waals surface area contributed by atoms with Crippen molar-refractivity contribution in [2.24, 2.45) is 5.92 Å². The number of aliphatic carboxylic acids is 1. The Hall–Kier alpha value is -0.920. The maximum atomic E-state index is 12.1. The van der Waals surface area contributed by atoms with Gasteiger partial charge >= 0.3 is 5.97 Å². The van der Waals surface area contributed by atoms with Crippen LogP contribution in [0.2, 0.25) is 0 Å². The van der Waals surface area contributed by atoms with E-state index in [4.69, 9.17) is 5.11 Å². The molecule has 2 N–H and O–H groups in total. The number of hydrogen-bond donors (Lipinski definition) is 2. The van der Waals surface area contributed by atoms with Crippen LogP contribution in [0.4, 0.5) is 0 Å². The van der Waals surface area contributed by atoms with E-state index in [1.807, 2.05) is 20.8 Å². The molecule has 0 aliphatic rings. The van der Waals surface area contributed by atoms with Crippen LogP contribution in [0.1, 0.15) is 32.1 Å². The number of carbonyl (C=O) groups is 1. The molecule has 1 aromatic heterocycles. The number of hydrogen-bond acceptors (Lipinski definition) is 4. The molecule has 108 valence electrons. The van der Waals surface area contributed by atoms with E-state index < -0.39 is 16.0 Å². The van der Waals surface area contributed by atoms with Crippen LogP contribution in [0.15, 0.2) is 16.3 Å². The van der Waals surface area contributed by atoms with Crippen LogP contribution in [-0.4, -0.2) is 25.5 Å². The van der Waals surface area contributed by atoms with Crippen LogP contribution in [0.5, 0.6) is 0 Å². The van der Waals surface area contributed by atoms with Gasteiger partial charge in [-0.25, -0.2) is 13.1 Å². The number of carboxylic acid groups (broad SMARTS) is 1. The van der Waals surface area contributed by atoms with Gasteiger partial charge in [0.1, 0.15) is 4.21 Å². The summed E-state index contributed by atoms with van der Waals surface area (Å²) in [6, 6.07) is 2.84. The third kappa shape index (κ3) is 4.59. The standard InChI is InChI=1S/C12H19NO4S2/c1-4-8(2)9(3)13-19(16,17)12-6-5-10(18-12)7-11(14)15/h5-6,8-9,13H,4,7H2,1-3H3,(H,14,15). The summed E-state index contributed by atoms with van der Waals surface area (Å²) in [6.07, 6.45) is 0.736. The summed E-state index contributed by atoms with van der Waals surface area (Å²) in [5.74, 6) is -0.722. The third-order valence-corrected chi connectivity index (χ3v) is 6.20. The molecule has 1 aromatic rings. The van der Waals surface area contributed by atoms with Crippen LogP contribution in [0.3, 0.4) is 0 Å². The van der Waals surface area contributed by atoms with Crippen molar-refractivity contribution < 1.29 is 18.3 Å². The normalized spacial score (nSPS) is 15.1. The van der Waals surface area contributed by atoms with Gasteiger partial charge in [0, 0.05) is 10.9 Å². The summed E-state index contributed by atoms with van der Waals surface area (Å²) in [5, 5.41) is 8.67. The molecule has 0 saturated carbocycles. The van der Waals surface area contributed by atoms with Gasteiger partial charge in [-0.2, -0.15) is 0 Å². The first-order valence-electron chi connectivity index (χ1n) is 6.09. The number of thiophene rings is 1. The monoisotopic (exact) mass is 305 g/mol. The van der Waals surface area contributed by atoms with Crippen LogP contribution in [-0.2, 0) is 21.2 Å². The van der Waals surface area contributed by atoms with Gasteiger partial charge in [-0.1, -0.05) is 20.3 Å². The summed E-state index contributed by atoms with van der Waals surface area (Å²) in [6.45, 7) is 5.82. The number of carboxylic acids is 1. The highest BCUT2D eigenvalue weighted by molar-refractivity contribution is 7.91. The molecular formula is C12H19NO4S2. The highest BCUT2D eigenvalue weighted by Crippen LogP contribution is 2.23. The Kier molecular flexibility index (Phi) is 5.51. The van der Waals surface area contributed by atoms with Gasteiger partial charge in [-0.3, -0.25) is 4.79 Å². The first-order valence-corrected chi connectivity index (χ1v) is 8.39. The lowest BCUT2D eigenvalue weighted by Crippen LogP contribution is -2.36. The molecule has 0 amide bonds. The van der Waals surface area contributed by atoms with E-state index in [9.17, 15) is 13.2 Å². The molecule has 5 nitrogen and oxygen atoms in total. The molecule has 2 atom stereocenters. The Morgan fingerprint density at radius 1 is 1.42 bits per heavy atom. The molecule has 0 spiro atoms. The van der Waals surface area contributed by atoms with Crippen molar-refractivity contribution in [3.63, 3.8) is 0 Å². The molecule has 0 radical (unpaired) electrons. The van der Waals surface area contributed by atoms with E-state index in [-0.39, 0.29) is 22.6 Å². The van der Waals surface area contributed by atoms with Crippen LogP contribution in [0, 0.1) is 5.92 Å². The lowest BCUT2D eigenvalue weighted by atomic mass is 10.0. The molecule has 0 saturated heterocycles. The van der Waals surface area contributed by atoms with Gasteiger partial charge in [0.05, 0.1) is 6.42 Å². The van der Waals surface area contributed by atoms with E-state index in [2.05, 4.69) is 4.72 Å². The van der Waals surface area contributed by atoms with Crippen molar-refractivity contribution in [2.45, 2.75) is 43.9 Å². The topological polar surface area (TPSA) is 83.5 Å². The Labute approximate surface area is 117 Å². The molecule has 0 fully saturated rings. The molecule has 0 aromatic carbocycles. The minimum Gasteiger partial charge on any atom is -0.481 e. The quantitative estimate of drug-likeness (QED) is 0.808. The molecular weight excluding hydrogens is 286 g/mol. The van der Waals surface area contributed by atoms with Gasteiger partial charge in [0.2, 0.25) is 10.0 Å². The van der Waals surface area contributed by atoms with Crippen LogP contribution >= 0.6 is 11.3 Å². The average molecular weight is 305 g/mol. The molecule has 0 bridgehead atoms. The maximum Gasteiger partial charge on any atom is 0.308 e. The zero-order valence-corrected chi connectivity index (χ0v) is 12.8. The fourth-order valence-electron chi connectivity index (χ4n) is 1.52. The Morgan fingerprint density at radius 3 is 2.58 bits per heavy atom. The van der Waals surface area contributed by atoms with Gasteiger partial charge in [0.25, 0.3) is 0 Å². The van der Waals surface area contributed by atoms with Crippen molar-refractivity contribution in [1.29, 1.82) is 0 Å². The van der Waals surface area contributed by atoms with E-state index in [0.717, 1.165) is 17.8 Å². The Balaban J connectivity index is 2.83. The zero-order valence-electron chi connectivity index (χ0n) is 11.2. The van der Waals surface area contributed by atoms with Gasteiger partial charge < -0.3 is 5.11 Å². The SMILES string of the molecule is CCC(C)C(C)NS(=O)(=O)c1ccc(CC(=O)O)s1. The molecule has 0 aliphatic carbocycles. The smallest absolute Gasteiger partial charge is 0.308 e. The summed E-state index contributed by atoms with van der Waals surface area (Å²) in [7, 11) is -3.55. The Bertz CT molecular complexity index is 536. The molecule has 19 heavy (non-hydrogen) atoms. The second-order valence-corrected chi connectivity index (χ2v) is 7.70. The van der Waals surface area contributed by atoms with Crippen molar-refractivity contribution in [3.8, 4) is 0 Å². The lowest BCUT2D eigenvalue weighted by Gasteiger charge is -2.19. The van der Waals surface area contributed by atoms with Gasteiger partial charge in [-0.15, -0.1) is 11.3 Å². The highest BCUT2D eigenvalue weighted by Gasteiger charge is 2.22.